The molecule has 1 amide bonds. The highest BCUT2D eigenvalue weighted by Gasteiger charge is 2.20. The second-order valence-corrected chi connectivity index (χ2v) is 8.62. The molecule has 5 heterocycles. The molecule has 0 aromatic carbocycles. The van der Waals surface area contributed by atoms with Crippen LogP contribution in [0.5, 0.6) is 0 Å². The van der Waals surface area contributed by atoms with Crippen molar-refractivity contribution in [3.05, 3.63) is 75.0 Å². The lowest BCUT2D eigenvalue weighted by atomic mass is 10.3. The number of aryl methyl sites for hydroxylation is 1. The summed E-state index contributed by atoms with van der Waals surface area (Å²) in [6.45, 7) is 1.91. The van der Waals surface area contributed by atoms with Crippen LogP contribution in [0.2, 0.25) is 0 Å². The van der Waals surface area contributed by atoms with Gasteiger partial charge in [-0.25, -0.2) is 4.98 Å². The average molecular weight is 465 g/mol. The number of carbonyl (C=O) groups is 1. The second-order valence-electron chi connectivity index (χ2n) is 6.73. The predicted octanol–water partition coefficient (Wildman–Crippen LogP) is 4.22. The molecule has 0 aliphatic carbocycles. The highest BCUT2D eigenvalue weighted by atomic mass is 32.1. The fraction of sp³-hybridized carbons (Fsp3) is 0.0952. The van der Waals surface area contributed by atoms with E-state index in [9.17, 15) is 9.59 Å². The number of nitrogens with zero attached hydrogens (tertiary/aromatic N) is 4. The normalized spacial score (nSPS) is 11.0. The molecular weight excluding hydrogens is 448 g/mol. The molecule has 0 radical (unpaired) electrons. The average Bonchev–Trinajstić information content (AvgIpc) is 3.59. The number of hydrogen-bond acceptors (Lipinski definition) is 8. The van der Waals surface area contributed by atoms with E-state index in [1.165, 1.54) is 33.4 Å². The van der Waals surface area contributed by atoms with Gasteiger partial charge in [0.25, 0.3) is 11.5 Å². The topological polar surface area (TPSA) is 119 Å². The standard InChI is InChI=1S/C21H16N6O3S2/c1-2-12-9-19(28)24-21(22-12)27-18(11-13(25-27)16-5-3-7-31-16)23-20(29)14-10-15(30-26-14)17-6-4-8-32-17/h3-11H,2H2,1H3,(H,23,29)(H,22,24,28). The zero-order valence-corrected chi connectivity index (χ0v) is 18.4. The third kappa shape index (κ3) is 3.90. The van der Waals surface area contributed by atoms with Crippen molar-refractivity contribution in [2.45, 2.75) is 13.3 Å². The quantitative estimate of drug-likeness (QED) is 0.388. The monoisotopic (exact) mass is 464 g/mol. The lowest BCUT2D eigenvalue weighted by Crippen LogP contribution is -2.19. The van der Waals surface area contributed by atoms with E-state index < -0.39 is 5.91 Å². The maximum atomic E-state index is 12.9. The molecule has 5 rings (SSSR count). The minimum absolute atomic E-state index is 0.127. The Hall–Kier alpha value is -3.83. The van der Waals surface area contributed by atoms with E-state index in [1.807, 2.05) is 41.9 Å². The van der Waals surface area contributed by atoms with Crippen LogP contribution in [0.15, 0.2) is 62.5 Å². The SMILES string of the molecule is CCc1cc(=O)[nH]c(-n2nc(-c3cccs3)cc2NC(=O)c2cc(-c3cccs3)on2)n1. The van der Waals surface area contributed by atoms with Gasteiger partial charge >= 0.3 is 0 Å². The summed E-state index contributed by atoms with van der Waals surface area (Å²) in [5.74, 6) is 0.603. The van der Waals surface area contributed by atoms with Crippen LogP contribution in [0.4, 0.5) is 5.82 Å². The number of rotatable bonds is 6. The first-order valence-electron chi connectivity index (χ1n) is 9.67. The summed E-state index contributed by atoms with van der Waals surface area (Å²) in [6, 6.07) is 12.4. The maximum Gasteiger partial charge on any atom is 0.279 e. The number of amides is 1. The molecule has 0 saturated heterocycles. The molecule has 0 bridgehead atoms. The van der Waals surface area contributed by atoms with E-state index in [4.69, 9.17) is 4.52 Å². The molecule has 0 atom stereocenters. The number of carbonyl (C=O) groups excluding carboxylic acids is 1. The fourth-order valence-electron chi connectivity index (χ4n) is 3.05. The van der Waals surface area contributed by atoms with Gasteiger partial charge in [0.05, 0.1) is 9.75 Å². The van der Waals surface area contributed by atoms with Crippen molar-refractivity contribution in [2.75, 3.05) is 5.32 Å². The van der Waals surface area contributed by atoms with Crippen molar-refractivity contribution >= 4 is 34.4 Å². The van der Waals surface area contributed by atoms with Crippen LogP contribution in [0.25, 0.3) is 27.2 Å². The molecule has 160 valence electrons. The van der Waals surface area contributed by atoms with Gasteiger partial charge < -0.3 is 9.84 Å². The van der Waals surface area contributed by atoms with Gasteiger partial charge in [-0.1, -0.05) is 24.2 Å². The lowest BCUT2D eigenvalue weighted by Gasteiger charge is -2.07. The van der Waals surface area contributed by atoms with Gasteiger partial charge in [-0.05, 0) is 29.3 Å². The summed E-state index contributed by atoms with van der Waals surface area (Å²) in [5, 5.41) is 15.1. The third-order valence-electron chi connectivity index (χ3n) is 4.58. The number of H-pyrrole nitrogens is 1. The lowest BCUT2D eigenvalue weighted by molar-refractivity contribution is 0.101. The number of nitrogens with one attached hydrogen (secondary N) is 2. The van der Waals surface area contributed by atoms with Gasteiger partial charge in [0.15, 0.2) is 11.5 Å². The molecule has 0 aliphatic heterocycles. The molecule has 0 spiro atoms. The van der Waals surface area contributed by atoms with Gasteiger partial charge in [0.2, 0.25) is 5.95 Å². The molecule has 11 heteroatoms. The third-order valence-corrected chi connectivity index (χ3v) is 6.35. The molecule has 0 saturated carbocycles. The largest absolute Gasteiger partial charge is 0.355 e. The molecule has 0 unspecified atom stereocenters. The number of aromatic nitrogens is 5. The number of hydrogen-bond donors (Lipinski definition) is 2. The van der Waals surface area contributed by atoms with Gasteiger partial charge in [0.1, 0.15) is 11.5 Å². The Labute approximate surface area is 189 Å². The van der Waals surface area contributed by atoms with Crippen molar-refractivity contribution in [3.8, 4) is 27.2 Å². The van der Waals surface area contributed by atoms with Crippen molar-refractivity contribution in [3.63, 3.8) is 0 Å². The van der Waals surface area contributed by atoms with E-state index in [1.54, 1.807) is 12.1 Å². The van der Waals surface area contributed by atoms with Crippen LogP contribution in [-0.4, -0.2) is 30.8 Å². The van der Waals surface area contributed by atoms with Crippen LogP contribution in [0, 0.1) is 0 Å². The molecular formula is C21H16N6O3S2. The Morgan fingerprint density at radius 2 is 1.94 bits per heavy atom. The van der Waals surface area contributed by atoms with Crippen molar-refractivity contribution in [1.82, 2.24) is 24.9 Å². The fourth-order valence-corrected chi connectivity index (χ4v) is 4.40. The minimum atomic E-state index is -0.468. The molecule has 0 aliphatic rings. The molecule has 2 N–H and O–H groups in total. The Kier molecular flexibility index (Phi) is 5.25. The molecule has 5 aromatic rings. The van der Waals surface area contributed by atoms with Crippen LogP contribution < -0.4 is 10.9 Å². The highest BCUT2D eigenvalue weighted by molar-refractivity contribution is 7.13. The number of anilines is 1. The summed E-state index contributed by atoms with van der Waals surface area (Å²) in [5.41, 5.74) is 1.09. The summed E-state index contributed by atoms with van der Waals surface area (Å²) >= 11 is 3.00. The van der Waals surface area contributed by atoms with Crippen molar-refractivity contribution < 1.29 is 9.32 Å². The first kappa shape index (κ1) is 20.1. The van der Waals surface area contributed by atoms with E-state index in [-0.39, 0.29) is 17.2 Å². The molecule has 9 nitrogen and oxygen atoms in total. The Balaban J connectivity index is 1.52. The zero-order chi connectivity index (χ0) is 22.1. The molecule has 0 fully saturated rings. The first-order chi connectivity index (χ1) is 15.6. The molecule has 5 aromatic heterocycles. The van der Waals surface area contributed by atoms with E-state index in [0.29, 0.717) is 29.4 Å². The summed E-state index contributed by atoms with van der Waals surface area (Å²) in [6.07, 6.45) is 0.585. The minimum Gasteiger partial charge on any atom is -0.355 e. The van der Waals surface area contributed by atoms with Gasteiger partial charge in [0, 0.05) is 23.9 Å². The van der Waals surface area contributed by atoms with Crippen LogP contribution in [0.3, 0.4) is 0 Å². The predicted molar refractivity (Wildman–Crippen MR) is 122 cm³/mol. The Morgan fingerprint density at radius 3 is 2.66 bits per heavy atom. The molecule has 32 heavy (non-hydrogen) atoms. The second kappa shape index (κ2) is 8.36. The number of aromatic amines is 1. The smallest absolute Gasteiger partial charge is 0.279 e. The highest BCUT2D eigenvalue weighted by Crippen LogP contribution is 2.28. The van der Waals surface area contributed by atoms with Crippen molar-refractivity contribution in [2.24, 2.45) is 0 Å². The zero-order valence-electron chi connectivity index (χ0n) is 16.7. The maximum absolute atomic E-state index is 12.9. The van der Waals surface area contributed by atoms with Gasteiger partial charge in [-0.15, -0.1) is 22.7 Å². The van der Waals surface area contributed by atoms with E-state index in [0.717, 1.165) is 9.75 Å². The van der Waals surface area contributed by atoms with Crippen molar-refractivity contribution in [1.29, 1.82) is 0 Å². The number of thiophene rings is 2. The van der Waals surface area contributed by atoms with Gasteiger partial charge in [-0.3, -0.25) is 14.6 Å². The summed E-state index contributed by atoms with van der Waals surface area (Å²) in [7, 11) is 0. The van der Waals surface area contributed by atoms with Crippen LogP contribution in [0.1, 0.15) is 23.1 Å². The summed E-state index contributed by atoms with van der Waals surface area (Å²) in [4.78, 5) is 33.9. The Bertz CT molecular complexity index is 1430. The van der Waals surface area contributed by atoms with Crippen LogP contribution >= 0.6 is 22.7 Å². The summed E-state index contributed by atoms with van der Waals surface area (Å²) < 4.78 is 6.72. The van der Waals surface area contributed by atoms with Gasteiger partial charge in [-0.2, -0.15) is 9.78 Å². The Morgan fingerprint density at radius 1 is 1.16 bits per heavy atom. The van der Waals surface area contributed by atoms with Crippen LogP contribution in [-0.2, 0) is 6.42 Å². The van der Waals surface area contributed by atoms with E-state index >= 15 is 0 Å². The van der Waals surface area contributed by atoms with E-state index in [2.05, 4.69) is 25.5 Å². The first-order valence-corrected chi connectivity index (χ1v) is 11.4.